The van der Waals surface area contributed by atoms with Crippen LogP contribution in [-0.2, 0) is 6.54 Å². The van der Waals surface area contributed by atoms with Crippen molar-refractivity contribution >= 4 is 0 Å². The molecule has 4 nitrogen and oxygen atoms in total. The summed E-state index contributed by atoms with van der Waals surface area (Å²) in [5, 5.41) is 7.60. The predicted molar refractivity (Wildman–Crippen MR) is 67.7 cm³/mol. The van der Waals surface area contributed by atoms with Crippen molar-refractivity contribution in [2.24, 2.45) is 5.73 Å². The Kier molecular flexibility index (Phi) is 3.16. The maximum absolute atomic E-state index is 5.84. The highest BCUT2D eigenvalue weighted by molar-refractivity contribution is 5.17. The number of nitrogens with one attached hydrogen (secondary N) is 1. The van der Waals surface area contributed by atoms with Gasteiger partial charge >= 0.3 is 0 Å². The molecule has 1 saturated heterocycles. The van der Waals surface area contributed by atoms with Crippen LogP contribution < -0.4 is 5.73 Å². The van der Waals surface area contributed by atoms with Crippen molar-refractivity contribution in [3.05, 3.63) is 17.5 Å². The molecule has 3 rings (SSSR count). The van der Waals surface area contributed by atoms with Gasteiger partial charge in [0.15, 0.2) is 0 Å². The number of hydrogen-bond donors (Lipinski definition) is 2. The van der Waals surface area contributed by atoms with Crippen LogP contribution in [0.5, 0.6) is 0 Å². The molecule has 1 unspecified atom stereocenters. The maximum Gasteiger partial charge on any atom is 0.0656 e. The van der Waals surface area contributed by atoms with Gasteiger partial charge in [-0.25, -0.2) is 0 Å². The summed E-state index contributed by atoms with van der Waals surface area (Å²) in [5.41, 5.74) is 8.37. The minimum Gasteiger partial charge on any atom is -0.329 e. The number of nitrogens with zero attached hydrogens (tertiary/aromatic N) is 2. The maximum atomic E-state index is 5.84. The smallest absolute Gasteiger partial charge is 0.0656 e. The molecule has 1 aliphatic carbocycles. The lowest BCUT2D eigenvalue weighted by Gasteiger charge is -2.34. The lowest BCUT2D eigenvalue weighted by Crippen LogP contribution is -2.43. The zero-order valence-electron chi connectivity index (χ0n) is 10.4. The van der Waals surface area contributed by atoms with Gasteiger partial charge < -0.3 is 5.73 Å². The topological polar surface area (TPSA) is 57.9 Å². The first-order chi connectivity index (χ1) is 8.36. The summed E-state index contributed by atoms with van der Waals surface area (Å²) >= 11 is 0. The van der Waals surface area contributed by atoms with E-state index in [1.165, 1.54) is 50.0 Å². The summed E-state index contributed by atoms with van der Waals surface area (Å²) in [6.45, 7) is 2.95. The van der Waals surface area contributed by atoms with Gasteiger partial charge in [-0.1, -0.05) is 6.42 Å². The van der Waals surface area contributed by atoms with Crippen molar-refractivity contribution in [3.63, 3.8) is 0 Å². The van der Waals surface area contributed by atoms with Crippen LogP contribution in [0.1, 0.15) is 49.4 Å². The van der Waals surface area contributed by atoms with Crippen molar-refractivity contribution < 1.29 is 0 Å². The second kappa shape index (κ2) is 4.78. The SMILES string of the molecule is NCC1CCCCN1Cc1cc(C2CC2)n[nH]1. The molecule has 2 heterocycles. The van der Waals surface area contributed by atoms with Crippen LogP contribution in [0.2, 0.25) is 0 Å². The average molecular weight is 234 g/mol. The number of piperidine rings is 1. The Labute approximate surface area is 103 Å². The van der Waals surface area contributed by atoms with Crippen LogP contribution in [0.15, 0.2) is 6.07 Å². The minimum atomic E-state index is 0.566. The first-order valence-electron chi connectivity index (χ1n) is 6.85. The summed E-state index contributed by atoms with van der Waals surface area (Å²) in [6, 6.07) is 2.82. The van der Waals surface area contributed by atoms with Crippen molar-refractivity contribution in [2.75, 3.05) is 13.1 Å². The van der Waals surface area contributed by atoms with E-state index in [0.29, 0.717) is 6.04 Å². The third kappa shape index (κ3) is 2.53. The van der Waals surface area contributed by atoms with Gasteiger partial charge in [-0.15, -0.1) is 0 Å². The van der Waals surface area contributed by atoms with Crippen LogP contribution in [0.3, 0.4) is 0 Å². The van der Waals surface area contributed by atoms with E-state index in [1.807, 2.05) is 0 Å². The van der Waals surface area contributed by atoms with Crippen LogP contribution >= 0.6 is 0 Å². The molecule has 0 amide bonds. The Morgan fingerprint density at radius 3 is 3.00 bits per heavy atom. The second-order valence-electron chi connectivity index (χ2n) is 5.45. The Hall–Kier alpha value is -0.870. The summed E-state index contributed by atoms with van der Waals surface area (Å²) in [7, 11) is 0. The van der Waals surface area contributed by atoms with Crippen molar-refractivity contribution in [1.29, 1.82) is 0 Å². The molecule has 2 fully saturated rings. The van der Waals surface area contributed by atoms with E-state index in [4.69, 9.17) is 5.73 Å². The number of H-pyrrole nitrogens is 1. The Morgan fingerprint density at radius 2 is 2.24 bits per heavy atom. The number of aromatic amines is 1. The van der Waals surface area contributed by atoms with Crippen LogP contribution in [0.4, 0.5) is 0 Å². The highest BCUT2D eigenvalue weighted by atomic mass is 15.2. The fourth-order valence-corrected chi connectivity index (χ4v) is 2.80. The van der Waals surface area contributed by atoms with Crippen molar-refractivity contribution in [1.82, 2.24) is 15.1 Å². The molecule has 1 aliphatic heterocycles. The highest BCUT2D eigenvalue weighted by Crippen LogP contribution is 2.39. The third-order valence-electron chi connectivity index (χ3n) is 4.04. The summed E-state index contributed by atoms with van der Waals surface area (Å²) < 4.78 is 0. The van der Waals surface area contributed by atoms with Crippen molar-refractivity contribution in [3.8, 4) is 0 Å². The molecular weight excluding hydrogens is 212 g/mol. The molecule has 0 bridgehead atoms. The quantitative estimate of drug-likeness (QED) is 0.832. The molecule has 1 saturated carbocycles. The molecule has 0 radical (unpaired) electrons. The monoisotopic (exact) mass is 234 g/mol. The van der Waals surface area contributed by atoms with Gasteiger partial charge in [0, 0.05) is 30.7 Å². The van der Waals surface area contributed by atoms with Crippen LogP contribution in [-0.4, -0.2) is 34.2 Å². The number of rotatable bonds is 4. The predicted octanol–water partition coefficient (Wildman–Crippen LogP) is 1.60. The lowest BCUT2D eigenvalue weighted by molar-refractivity contribution is 0.143. The van der Waals surface area contributed by atoms with Gasteiger partial charge in [0.1, 0.15) is 0 Å². The number of likely N-dealkylation sites (tertiary alicyclic amines) is 1. The van der Waals surface area contributed by atoms with E-state index in [9.17, 15) is 0 Å². The molecule has 94 valence electrons. The average Bonchev–Trinajstić information content (AvgIpc) is 3.11. The molecule has 1 atom stereocenters. The lowest BCUT2D eigenvalue weighted by atomic mass is 10.0. The third-order valence-corrected chi connectivity index (χ3v) is 4.04. The summed E-state index contributed by atoms with van der Waals surface area (Å²) in [5.74, 6) is 0.742. The molecule has 17 heavy (non-hydrogen) atoms. The molecule has 0 aromatic carbocycles. The first kappa shape index (κ1) is 11.2. The van der Waals surface area contributed by atoms with Crippen LogP contribution in [0.25, 0.3) is 0 Å². The fourth-order valence-electron chi connectivity index (χ4n) is 2.80. The zero-order valence-corrected chi connectivity index (χ0v) is 10.4. The van der Waals surface area contributed by atoms with Gasteiger partial charge in [-0.2, -0.15) is 5.10 Å². The Bertz CT molecular complexity index is 369. The van der Waals surface area contributed by atoms with Crippen LogP contribution in [0, 0.1) is 0 Å². The standard InChI is InChI=1S/C13H22N4/c14-8-12-3-1-2-6-17(12)9-11-7-13(16-15-11)10-4-5-10/h7,10,12H,1-6,8-9,14H2,(H,15,16). The van der Waals surface area contributed by atoms with Crippen molar-refractivity contribution in [2.45, 2.75) is 50.6 Å². The fraction of sp³-hybridized carbons (Fsp3) is 0.769. The van der Waals surface area contributed by atoms with Gasteiger partial charge in [0.25, 0.3) is 0 Å². The van der Waals surface area contributed by atoms with E-state index in [1.54, 1.807) is 0 Å². The molecule has 1 aromatic rings. The minimum absolute atomic E-state index is 0.566. The van der Waals surface area contributed by atoms with E-state index < -0.39 is 0 Å². The number of hydrogen-bond acceptors (Lipinski definition) is 3. The molecule has 1 aromatic heterocycles. The number of aromatic nitrogens is 2. The summed E-state index contributed by atoms with van der Waals surface area (Å²) in [6.07, 6.45) is 6.52. The first-order valence-corrected chi connectivity index (χ1v) is 6.85. The molecule has 2 aliphatic rings. The molecule has 4 heteroatoms. The Morgan fingerprint density at radius 1 is 1.35 bits per heavy atom. The molecule has 0 spiro atoms. The molecule has 3 N–H and O–H groups in total. The largest absolute Gasteiger partial charge is 0.329 e. The van der Waals surface area contributed by atoms with Gasteiger partial charge in [0.05, 0.1) is 5.69 Å². The van der Waals surface area contributed by atoms with Gasteiger partial charge in [-0.05, 0) is 38.3 Å². The Balaban J connectivity index is 1.63. The van der Waals surface area contributed by atoms with E-state index in [0.717, 1.165) is 19.0 Å². The highest BCUT2D eigenvalue weighted by Gasteiger charge is 2.27. The number of nitrogens with two attached hydrogens (primary N) is 1. The molecular formula is C13H22N4. The summed E-state index contributed by atoms with van der Waals surface area (Å²) in [4.78, 5) is 2.51. The second-order valence-corrected chi connectivity index (χ2v) is 5.45. The zero-order chi connectivity index (χ0) is 11.7. The normalized spacial score (nSPS) is 26.3. The van der Waals surface area contributed by atoms with E-state index in [2.05, 4.69) is 21.2 Å². The van der Waals surface area contributed by atoms with E-state index >= 15 is 0 Å². The van der Waals surface area contributed by atoms with E-state index in [-0.39, 0.29) is 0 Å². The van der Waals surface area contributed by atoms with Gasteiger partial charge in [-0.3, -0.25) is 10.00 Å². The van der Waals surface area contributed by atoms with Gasteiger partial charge in [0.2, 0.25) is 0 Å².